The average Bonchev–Trinajstić information content (AvgIpc) is 2.86. The molecular formula is C14H17N5O3. The van der Waals surface area contributed by atoms with E-state index in [1.165, 1.54) is 18.0 Å². The number of ether oxygens (including phenoxy) is 1. The first kappa shape index (κ1) is 15.5. The van der Waals surface area contributed by atoms with Crippen molar-refractivity contribution in [2.45, 2.75) is 6.92 Å². The molecule has 0 saturated heterocycles. The first-order valence-electron chi connectivity index (χ1n) is 6.58. The fourth-order valence-corrected chi connectivity index (χ4v) is 1.82. The number of aromatic nitrogens is 3. The topological polar surface area (TPSA) is 98.1 Å². The van der Waals surface area contributed by atoms with Crippen molar-refractivity contribution < 1.29 is 14.3 Å². The predicted molar refractivity (Wildman–Crippen MR) is 79.7 cm³/mol. The Bertz CT molecular complexity index is 696. The summed E-state index contributed by atoms with van der Waals surface area (Å²) in [5.41, 5.74) is 1.25. The minimum atomic E-state index is -0.433. The van der Waals surface area contributed by atoms with Gasteiger partial charge in [0.1, 0.15) is 11.4 Å². The van der Waals surface area contributed by atoms with Crippen molar-refractivity contribution in [2.75, 3.05) is 19.0 Å². The van der Waals surface area contributed by atoms with Crippen molar-refractivity contribution >= 4 is 17.6 Å². The van der Waals surface area contributed by atoms with Crippen molar-refractivity contribution in [1.29, 1.82) is 0 Å². The van der Waals surface area contributed by atoms with Gasteiger partial charge in [0.05, 0.1) is 13.7 Å². The molecule has 0 atom stereocenters. The predicted octanol–water partition coefficient (Wildman–Crippen LogP) is 0.501. The molecule has 0 saturated carbocycles. The maximum atomic E-state index is 12.0. The molecule has 0 aromatic carbocycles. The highest BCUT2D eigenvalue weighted by Crippen LogP contribution is 2.14. The van der Waals surface area contributed by atoms with Crippen LogP contribution in [0.2, 0.25) is 0 Å². The molecule has 0 aliphatic heterocycles. The first-order chi connectivity index (χ1) is 10.5. The van der Waals surface area contributed by atoms with Crippen LogP contribution in [0.25, 0.3) is 0 Å². The maximum Gasteiger partial charge on any atom is 0.258 e. The molecule has 0 unspecified atom stereocenters. The Morgan fingerprint density at radius 3 is 2.86 bits per heavy atom. The van der Waals surface area contributed by atoms with Crippen LogP contribution in [0.1, 0.15) is 15.9 Å². The lowest BCUT2D eigenvalue weighted by Gasteiger charge is -2.06. The SMILES string of the molecule is COc1nn(C)cc1C(=O)NCC(=O)Nc1cc(C)ccn1. The van der Waals surface area contributed by atoms with E-state index in [0.29, 0.717) is 5.82 Å². The molecule has 0 spiro atoms. The first-order valence-corrected chi connectivity index (χ1v) is 6.58. The zero-order chi connectivity index (χ0) is 16.1. The highest BCUT2D eigenvalue weighted by molar-refractivity contribution is 6.00. The molecule has 0 radical (unpaired) electrons. The Hall–Kier alpha value is -2.90. The van der Waals surface area contributed by atoms with E-state index in [4.69, 9.17) is 4.74 Å². The number of hydrogen-bond acceptors (Lipinski definition) is 5. The highest BCUT2D eigenvalue weighted by atomic mass is 16.5. The molecule has 116 valence electrons. The minimum absolute atomic E-state index is 0.174. The minimum Gasteiger partial charge on any atom is -0.479 e. The quantitative estimate of drug-likeness (QED) is 0.838. The molecule has 2 aromatic rings. The van der Waals surface area contributed by atoms with Gasteiger partial charge in [0.15, 0.2) is 0 Å². The molecule has 22 heavy (non-hydrogen) atoms. The smallest absolute Gasteiger partial charge is 0.258 e. The molecule has 2 rings (SSSR count). The third kappa shape index (κ3) is 3.81. The van der Waals surface area contributed by atoms with Crippen LogP contribution in [0.3, 0.4) is 0 Å². The molecule has 0 aliphatic carbocycles. The van der Waals surface area contributed by atoms with Crippen LogP contribution in [-0.2, 0) is 11.8 Å². The largest absolute Gasteiger partial charge is 0.479 e. The summed E-state index contributed by atoms with van der Waals surface area (Å²) in [7, 11) is 3.10. The van der Waals surface area contributed by atoms with Crippen molar-refractivity contribution in [3.8, 4) is 5.88 Å². The third-order valence-corrected chi connectivity index (χ3v) is 2.83. The number of rotatable bonds is 5. The number of carbonyl (C=O) groups excluding carboxylic acids is 2. The van der Waals surface area contributed by atoms with Crippen LogP contribution < -0.4 is 15.4 Å². The standard InChI is InChI=1S/C14H17N5O3/c1-9-4-5-15-11(6-9)17-12(20)7-16-13(21)10-8-19(2)18-14(10)22-3/h4-6,8H,7H2,1-3H3,(H,16,21)(H,15,17,20). The Kier molecular flexibility index (Phi) is 4.72. The fourth-order valence-electron chi connectivity index (χ4n) is 1.82. The van der Waals surface area contributed by atoms with Gasteiger partial charge in [-0.1, -0.05) is 0 Å². The number of methoxy groups -OCH3 is 1. The summed E-state index contributed by atoms with van der Waals surface area (Å²) in [6.45, 7) is 1.72. The second-order valence-corrected chi connectivity index (χ2v) is 4.68. The lowest BCUT2D eigenvalue weighted by molar-refractivity contribution is -0.115. The summed E-state index contributed by atoms with van der Waals surface area (Å²) in [6, 6.07) is 3.57. The lowest BCUT2D eigenvalue weighted by atomic mass is 10.3. The molecule has 8 heteroatoms. The van der Waals surface area contributed by atoms with Crippen molar-refractivity contribution in [2.24, 2.45) is 7.05 Å². The maximum absolute atomic E-state index is 12.0. The van der Waals surface area contributed by atoms with Gasteiger partial charge in [-0.25, -0.2) is 4.98 Å². The number of amides is 2. The zero-order valence-electron chi connectivity index (χ0n) is 12.6. The van der Waals surface area contributed by atoms with E-state index in [1.54, 1.807) is 19.3 Å². The summed E-state index contributed by atoms with van der Waals surface area (Å²) < 4.78 is 6.46. The molecule has 0 aliphatic rings. The Balaban J connectivity index is 1.92. The molecule has 8 nitrogen and oxygen atoms in total. The number of carbonyl (C=O) groups is 2. The monoisotopic (exact) mass is 303 g/mol. The third-order valence-electron chi connectivity index (χ3n) is 2.83. The number of aryl methyl sites for hydroxylation is 2. The number of nitrogens with one attached hydrogen (secondary N) is 2. The molecule has 2 aromatic heterocycles. The number of nitrogens with zero attached hydrogens (tertiary/aromatic N) is 3. The number of hydrogen-bond donors (Lipinski definition) is 2. The van der Waals surface area contributed by atoms with Gasteiger partial charge in [0, 0.05) is 19.4 Å². The Morgan fingerprint density at radius 1 is 1.41 bits per heavy atom. The molecular weight excluding hydrogens is 286 g/mol. The van der Waals surface area contributed by atoms with Crippen LogP contribution >= 0.6 is 0 Å². The highest BCUT2D eigenvalue weighted by Gasteiger charge is 2.17. The van der Waals surface area contributed by atoms with Gasteiger partial charge in [-0.05, 0) is 24.6 Å². The second kappa shape index (κ2) is 6.70. The zero-order valence-corrected chi connectivity index (χ0v) is 12.6. The van der Waals surface area contributed by atoms with Gasteiger partial charge in [-0.2, -0.15) is 0 Å². The van der Waals surface area contributed by atoms with Gasteiger partial charge in [-0.15, -0.1) is 5.10 Å². The molecule has 2 N–H and O–H groups in total. The number of pyridine rings is 1. The van der Waals surface area contributed by atoms with Gasteiger partial charge in [-0.3, -0.25) is 14.3 Å². The van der Waals surface area contributed by atoms with Crippen LogP contribution in [-0.4, -0.2) is 40.2 Å². The van der Waals surface area contributed by atoms with E-state index < -0.39 is 5.91 Å². The molecule has 0 fully saturated rings. The van der Waals surface area contributed by atoms with Crippen molar-refractivity contribution in [3.63, 3.8) is 0 Å². The van der Waals surface area contributed by atoms with Crippen molar-refractivity contribution in [3.05, 3.63) is 35.7 Å². The van der Waals surface area contributed by atoms with Crippen LogP contribution in [0.15, 0.2) is 24.5 Å². The van der Waals surface area contributed by atoms with Crippen molar-refractivity contribution in [1.82, 2.24) is 20.1 Å². The van der Waals surface area contributed by atoms with E-state index in [9.17, 15) is 9.59 Å². The van der Waals surface area contributed by atoms with E-state index in [2.05, 4.69) is 20.7 Å². The normalized spacial score (nSPS) is 10.1. The molecule has 0 bridgehead atoms. The fraction of sp³-hybridized carbons (Fsp3) is 0.286. The summed E-state index contributed by atoms with van der Waals surface area (Å²) >= 11 is 0. The van der Waals surface area contributed by atoms with Gasteiger partial charge < -0.3 is 15.4 Å². The van der Waals surface area contributed by atoms with Crippen LogP contribution in [0, 0.1) is 6.92 Å². The summed E-state index contributed by atoms with van der Waals surface area (Å²) in [5, 5.41) is 9.09. The van der Waals surface area contributed by atoms with Gasteiger partial charge >= 0.3 is 0 Å². The second-order valence-electron chi connectivity index (χ2n) is 4.68. The van der Waals surface area contributed by atoms with Crippen LogP contribution in [0.4, 0.5) is 5.82 Å². The Labute approximate surface area is 127 Å². The van der Waals surface area contributed by atoms with E-state index >= 15 is 0 Å². The molecule has 2 amide bonds. The van der Waals surface area contributed by atoms with E-state index in [1.807, 2.05) is 13.0 Å². The summed E-state index contributed by atoms with van der Waals surface area (Å²) in [5.74, 6) is -0.148. The van der Waals surface area contributed by atoms with Gasteiger partial charge in [0.2, 0.25) is 11.8 Å². The Morgan fingerprint density at radius 2 is 2.18 bits per heavy atom. The van der Waals surface area contributed by atoms with Crippen LogP contribution in [0.5, 0.6) is 5.88 Å². The summed E-state index contributed by atoms with van der Waals surface area (Å²) in [4.78, 5) is 27.8. The van der Waals surface area contributed by atoms with E-state index in [-0.39, 0.29) is 23.9 Å². The number of anilines is 1. The van der Waals surface area contributed by atoms with E-state index in [0.717, 1.165) is 5.56 Å². The average molecular weight is 303 g/mol. The molecule has 2 heterocycles. The van der Waals surface area contributed by atoms with Gasteiger partial charge in [0.25, 0.3) is 5.91 Å². The summed E-state index contributed by atoms with van der Waals surface area (Å²) in [6.07, 6.45) is 3.12. The lowest BCUT2D eigenvalue weighted by Crippen LogP contribution is -2.33.